The first-order chi connectivity index (χ1) is 12.8. The molecule has 0 radical (unpaired) electrons. The zero-order valence-electron chi connectivity index (χ0n) is 14.5. The van der Waals surface area contributed by atoms with E-state index in [-0.39, 0.29) is 34.1 Å². The fourth-order valence-electron chi connectivity index (χ4n) is 3.04. The lowest BCUT2D eigenvalue weighted by Gasteiger charge is -2.28. The van der Waals surface area contributed by atoms with Crippen LogP contribution >= 0.6 is 11.8 Å². The molecule has 3 rings (SSSR count). The maximum Gasteiger partial charge on any atom is 0.233 e. The largest absolute Gasteiger partial charge is 0.334 e. The van der Waals surface area contributed by atoms with E-state index >= 15 is 0 Å². The number of sulfone groups is 1. The average molecular weight is 411 g/mol. The van der Waals surface area contributed by atoms with Crippen molar-refractivity contribution < 1.29 is 22.0 Å². The third kappa shape index (κ3) is 5.29. The predicted octanol–water partition coefficient (Wildman–Crippen LogP) is 3.27. The minimum atomic E-state index is -3.15. The summed E-state index contributed by atoms with van der Waals surface area (Å²) in [4.78, 5) is 14.6. The monoisotopic (exact) mass is 411 g/mol. The summed E-state index contributed by atoms with van der Waals surface area (Å²) < 4.78 is 50.5. The number of thioether (sulfide) groups is 1. The molecule has 1 atom stereocenters. The highest BCUT2D eigenvalue weighted by atomic mass is 32.2. The smallest absolute Gasteiger partial charge is 0.233 e. The first-order valence-corrected chi connectivity index (χ1v) is 11.3. The minimum absolute atomic E-state index is 0.0497. The Kier molecular flexibility index (Phi) is 6.16. The number of rotatable bonds is 6. The summed E-state index contributed by atoms with van der Waals surface area (Å²) in [6, 6.07) is 12.1. The molecule has 0 N–H and O–H groups in total. The molecule has 1 fully saturated rings. The van der Waals surface area contributed by atoms with E-state index in [1.165, 1.54) is 6.07 Å². The summed E-state index contributed by atoms with van der Waals surface area (Å²) in [6.07, 6.45) is 0.399. The van der Waals surface area contributed by atoms with Gasteiger partial charge in [-0.15, -0.1) is 11.8 Å². The van der Waals surface area contributed by atoms with E-state index in [1.807, 2.05) is 30.3 Å². The number of halogens is 2. The Labute approximate surface area is 161 Å². The van der Waals surface area contributed by atoms with Crippen LogP contribution < -0.4 is 0 Å². The molecular weight excluding hydrogens is 392 g/mol. The molecule has 144 valence electrons. The van der Waals surface area contributed by atoms with E-state index in [9.17, 15) is 22.0 Å². The van der Waals surface area contributed by atoms with E-state index in [2.05, 4.69) is 0 Å². The van der Waals surface area contributed by atoms with Crippen molar-refractivity contribution in [2.45, 2.75) is 23.9 Å². The Morgan fingerprint density at radius 1 is 1.15 bits per heavy atom. The van der Waals surface area contributed by atoms with Crippen LogP contribution in [-0.4, -0.2) is 42.5 Å². The van der Waals surface area contributed by atoms with Gasteiger partial charge in [0.15, 0.2) is 9.84 Å². The van der Waals surface area contributed by atoms with Gasteiger partial charge in [-0.2, -0.15) is 0 Å². The molecule has 4 nitrogen and oxygen atoms in total. The third-order valence-electron chi connectivity index (χ3n) is 4.41. The van der Waals surface area contributed by atoms with E-state index in [4.69, 9.17) is 0 Å². The van der Waals surface area contributed by atoms with Crippen molar-refractivity contribution >= 4 is 27.5 Å². The molecule has 0 aliphatic carbocycles. The minimum Gasteiger partial charge on any atom is -0.334 e. The number of hydrogen-bond acceptors (Lipinski definition) is 4. The van der Waals surface area contributed by atoms with Gasteiger partial charge >= 0.3 is 0 Å². The Hall–Kier alpha value is -1.93. The summed E-state index contributed by atoms with van der Waals surface area (Å²) in [5, 5.41) is 0. The SMILES string of the molecule is O=C(CSc1ccc(F)cc1F)N(Cc1ccccc1)[C@H]1CCS(=O)(=O)C1. The molecule has 0 saturated carbocycles. The van der Waals surface area contributed by atoms with Crippen LogP contribution in [0.5, 0.6) is 0 Å². The van der Waals surface area contributed by atoms with E-state index in [0.717, 1.165) is 29.5 Å². The van der Waals surface area contributed by atoms with Crippen LogP contribution in [0.4, 0.5) is 8.78 Å². The van der Waals surface area contributed by atoms with E-state index < -0.39 is 21.5 Å². The van der Waals surface area contributed by atoms with Crippen molar-refractivity contribution in [3.05, 3.63) is 65.7 Å². The number of benzene rings is 2. The second-order valence-electron chi connectivity index (χ2n) is 6.43. The first kappa shape index (κ1) is 19.8. The highest BCUT2D eigenvalue weighted by Crippen LogP contribution is 2.25. The Morgan fingerprint density at radius 2 is 1.89 bits per heavy atom. The van der Waals surface area contributed by atoms with E-state index in [1.54, 1.807) is 4.90 Å². The molecule has 0 bridgehead atoms. The van der Waals surface area contributed by atoms with Gasteiger partial charge in [-0.05, 0) is 24.1 Å². The molecule has 0 spiro atoms. The number of nitrogens with zero attached hydrogens (tertiary/aromatic N) is 1. The predicted molar refractivity (Wildman–Crippen MR) is 101 cm³/mol. The van der Waals surface area contributed by atoms with Gasteiger partial charge < -0.3 is 4.90 Å². The van der Waals surface area contributed by atoms with Crippen LogP contribution in [0.25, 0.3) is 0 Å². The summed E-state index contributed by atoms with van der Waals surface area (Å²) in [6.45, 7) is 0.298. The van der Waals surface area contributed by atoms with Gasteiger partial charge in [0.25, 0.3) is 0 Å². The van der Waals surface area contributed by atoms with Crippen LogP contribution in [0.2, 0.25) is 0 Å². The van der Waals surface area contributed by atoms with Gasteiger partial charge in [-0.3, -0.25) is 4.79 Å². The molecule has 2 aromatic carbocycles. The summed E-state index contributed by atoms with van der Waals surface area (Å²) in [7, 11) is -3.15. The standard InChI is InChI=1S/C19H19F2NO3S2/c20-15-6-7-18(17(21)10-15)26-12-19(23)22(11-14-4-2-1-3-5-14)16-8-9-27(24,25)13-16/h1-7,10,16H,8-9,11-13H2/t16-/m0/s1. The van der Waals surface area contributed by atoms with Crippen molar-refractivity contribution in [1.29, 1.82) is 0 Å². The topological polar surface area (TPSA) is 54.5 Å². The number of carbonyl (C=O) groups is 1. The molecule has 1 saturated heterocycles. The first-order valence-electron chi connectivity index (χ1n) is 8.46. The lowest BCUT2D eigenvalue weighted by molar-refractivity contribution is -0.130. The van der Waals surface area contributed by atoms with E-state index in [0.29, 0.717) is 13.0 Å². The van der Waals surface area contributed by atoms with Crippen molar-refractivity contribution in [2.75, 3.05) is 17.3 Å². The lowest BCUT2D eigenvalue weighted by Crippen LogP contribution is -2.41. The molecule has 2 aromatic rings. The maximum absolute atomic E-state index is 13.8. The maximum atomic E-state index is 13.8. The van der Waals surface area contributed by atoms with Crippen molar-refractivity contribution in [1.82, 2.24) is 4.90 Å². The fraction of sp³-hybridized carbons (Fsp3) is 0.316. The normalized spacial score (nSPS) is 18.4. The van der Waals surface area contributed by atoms with Crippen LogP contribution in [0.3, 0.4) is 0 Å². The van der Waals surface area contributed by atoms with Crippen LogP contribution in [0.15, 0.2) is 53.4 Å². The number of hydrogen-bond donors (Lipinski definition) is 0. The number of carbonyl (C=O) groups excluding carboxylic acids is 1. The quantitative estimate of drug-likeness (QED) is 0.685. The van der Waals surface area contributed by atoms with Gasteiger partial charge in [-0.25, -0.2) is 17.2 Å². The van der Waals surface area contributed by atoms with Gasteiger partial charge in [0.2, 0.25) is 5.91 Å². The second kappa shape index (κ2) is 8.39. The van der Waals surface area contributed by atoms with Gasteiger partial charge in [-0.1, -0.05) is 30.3 Å². The molecule has 8 heteroatoms. The van der Waals surface area contributed by atoms with Gasteiger partial charge in [0.1, 0.15) is 11.6 Å². The molecular formula is C19H19F2NO3S2. The highest BCUT2D eigenvalue weighted by Gasteiger charge is 2.34. The molecule has 1 aliphatic heterocycles. The van der Waals surface area contributed by atoms with Crippen molar-refractivity contribution in [2.24, 2.45) is 0 Å². The van der Waals surface area contributed by atoms with Crippen molar-refractivity contribution in [3.63, 3.8) is 0 Å². The Bertz CT molecular complexity index is 920. The fourth-order valence-corrected chi connectivity index (χ4v) is 5.57. The Morgan fingerprint density at radius 3 is 2.52 bits per heavy atom. The second-order valence-corrected chi connectivity index (χ2v) is 9.67. The molecule has 1 aliphatic rings. The molecule has 27 heavy (non-hydrogen) atoms. The van der Waals surface area contributed by atoms with Crippen LogP contribution in [0, 0.1) is 11.6 Å². The van der Waals surface area contributed by atoms with Gasteiger partial charge in [0.05, 0.1) is 17.3 Å². The summed E-state index contributed by atoms with van der Waals surface area (Å²) >= 11 is 0.979. The molecule has 1 heterocycles. The number of amides is 1. The summed E-state index contributed by atoms with van der Waals surface area (Å²) in [5.74, 6) is -1.70. The zero-order valence-corrected chi connectivity index (χ0v) is 16.1. The Balaban J connectivity index is 1.74. The average Bonchev–Trinajstić information content (AvgIpc) is 2.99. The highest BCUT2D eigenvalue weighted by molar-refractivity contribution is 8.00. The zero-order chi connectivity index (χ0) is 19.4. The van der Waals surface area contributed by atoms with Crippen molar-refractivity contribution in [3.8, 4) is 0 Å². The van der Waals surface area contributed by atoms with Crippen LogP contribution in [-0.2, 0) is 21.2 Å². The van der Waals surface area contributed by atoms with Gasteiger partial charge in [0, 0.05) is 23.5 Å². The summed E-state index contributed by atoms with van der Waals surface area (Å²) in [5.41, 5.74) is 0.896. The molecule has 0 unspecified atom stereocenters. The molecule has 0 aromatic heterocycles. The van der Waals surface area contributed by atoms with Crippen LogP contribution in [0.1, 0.15) is 12.0 Å². The lowest BCUT2D eigenvalue weighted by atomic mass is 10.1. The molecule has 1 amide bonds. The third-order valence-corrected chi connectivity index (χ3v) is 7.19.